The van der Waals surface area contributed by atoms with Gasteiger partial charge in [-0.05, 0) is 59.3 Å². The van der Waals surface area contributed by atoms with Gasteiger partial charge in [0.1, 0.15) is 0 Å². The molecule has 0 fully saturated rings. The van der Waals surface area contributed by atoms with Crippen LogP contribution in [0.1, 0.15) is 46.6 Å². The highest BCUT2D eigenvalue weighted by Crippen LogP contribution is 2.27. The van der Waals surface area contributed by atoms with Crippen LogP contribution in [-0.2, 0) is 6.54 Å². The fraction of sp³-hybridized carbons (Fsp3) is 0.600. The number of nitrogens with one attached hydrogen (secondary N) is 1. The molecular weight excluding hydrogens is 310 g/mol. The third-order valence-corrected chi connectivity index (χ3v) is 3.96. The van der Waals surface area contributed by atoms with E-state index in [1.807, 2.05) is 12.1 Å². The van der Waals surface area contributed by atoms with Gasteiger partial charge in [-0.2, -0.15) is 0 Å². The van der Waals surface area contributed by atoms with Crippen LogP contribution in [0.4, 0.5) is 0 Å². The number of hydrogen-bond acceptors (Lipinski definition) is 1. The van der Waals surface area contributed by atoms with Crippen molar-refractivity contribution in [3.05, 3.63) is 33.3 Å². The minimum atomic E-state index is 0.123. The van der Waals surface area contributed by atoms with Gasteiger partial charge in [0.05, 0.1) is 5.02 Å². The van der Waals surface area contributed by atoms with Crippen molar-refractivity contribution < 1.29 is 0 Å². The molecule has 0 unspecified atom stereocenters. The van der Waals surface area contributed by atoms with Crippen LogP contribution in [-0.4, -0.2) is 5.54 Å². The Balaban J connectivity index is 2.61. The van der Waals surface area contributed by atoms with Crippen LogP contribution >= 0.6 is 27.5 Å². The van der Waals surface area contributed by atoms with E-state index < -0.39 is 0 Å². The average molecular weight is 333 g/mol. The third kappa shape index (κ3) is 5.73. The van der Waals surface area contributed by atoms with Gasteiger partial charge in [0.25, 0.3) is 0 Å². The first-order valence-electron chi connectivity index (χ1n) is 6.28. The van der Waals surface area contributed by atoms with Crippen LogP contribution in [0, 0.1) is 5.41 Å². The largest absolute Gasteiger partial charge is 0.308 e. The van der Waals surface area contributed by atoms with Crippen molar-refractivity contribution in [3.8, 4) is 0 Å². The molecule has 0 aliphatic heterocycles. The molecule has 0 spiro atoms. The summed E-state index contributed by atoms with van der Waals surface area (Å²) < 4.78 is 0.946. The van der Waals surface area contributed by atoms with Crippen molar-refractivity contribution in [3.63, 3.8) is 0 Å². The molecule has 18 heavy (non-hydrogen) atoms. The van der Waals surface area contributed by atoms with E-state index in [9.17, 15) is 0 Å². The summed E-state index contributed by atoms with van der Waals surface area (Å²) in [5.74, 6) is 0. The van der Waals surface area contributed by atoms with Crippen molar-refractivity contribution in [1.82, 2.24) is 5.32 Å². The van der Waals surface area contributed by atoms with E-state index in [0.717, 1.165) is 22.5 Å². The number of hydrogen-bond donors (Lipinski definition) is 1. The van der Waals surface area contributed by atoms with Gasteiger partial charge in [0.2, 0.25) is 0 Å². The first kappa shape index (κ1) is 16.0. The van der Waals surface area contributed by atoms with Gasteiger partial charge in [-0.15, -0.1) is 0 Å². The van der Waals surface area contributed by atoms with Crippen LogP contribution in [0.15, 0.2) is 22.7 Å². The van der Waals surface area contributed by atoms with E-state index in [2.05, 4.69) is 61.9 Å². The maximum absolute atomic E-state index is 6.10. The first-order valence-corrected chi connectivity index (χ1v) is 7.45. The average Bonchev–Trinajstić information content (AvgIpc) is 2.16. The highest BCUT2D eigenvalue weighted by molar-refractivity contribution is 9.10. The topological polar surface area (TPSA) is 12.0 Å². The number of rotatable bonds is 4. The molecule has 0 bridgehead atoms. The summed E-state index contributed by atoms with van der Waals surface area (Å²) in [5.41, 5.74) is 1.66. The molecule has 0 radical (unpaired) electrons. The Morgan fingerprint density at radius 1 is 1.17 bits per heavy atom. The molecule has 1 nitrogen and oxygen atoms in total. The SMILES string of the molecule is CC(C)(C)CC(C)(C)NCc1ccc(Br)c(Cl)c1. The lowest BCUT2D eigenvalue weighted by Crippen LogP contribution is -2.41. The molecule has 3 heteroatoms. The highest BCUT2D eigenvalue weighted by Gasteiger charge is 2.24. The standard InChI is InChI=1S/C15H23BrClN/c1-14(2,3)10-15(4,5)18-9-11-6-7-12(16)13(17)8-11/h6-8,18H,9-10H2,1-5H3. The minimum Gasteiger partial charge on any atom is -0.308 e. The molecule has 0 saturated carbocycles. The maximum Gasteiger partial charge on any atom is 0.0551 e. The van der Waals surface area contributed by atoms with Crippen LogP contribution < -0.4 is 5.32 Å². The molecule has 102 valence electrons. The van der Waals surface area contributed by atoms with E-state index in [4.69, 9.17) is 11.6 Å². The summed E-state index contributed by atoms with van der Waals surface area (Å²) in [6.07, 6.45) is 1.13. The van der Waals surface area contributed by atoms with E-state index in [-0.39, 0.29) is 5.54 Å². The molecule has 0 atom stereocenters. The Morgan fingerprint density at radius 2 is 1.78 bits per heavy atom. The second-order valence-electron chi connectivity index (χ2n) is 6.72. The van der Waals surface area contributed by atoms with Crippen LogP contribution in [0.5, 0.6) is 0 Å². The summed E-state index contributed by atoms with van der Waals surface area (Å²) in [4.78, 5) is 0. The monoisotopic (exact) mass is 331 g/mol. The zero-order chi connectivity index (χ0) is 14.0. The molecule has 0 aliphatic rings. The van der Waals surface area contributed by atoms with Crippen LogP contribution in [0.3, 0.4) is 0 Å². The lowest BCUT2D eigenvalue weighted by molar-refractivity contribution is 0.241. The van der Waals surface area contributed by atoms with Crippen LogP contribution in [0.2, 0.25) is 5.02 Å². The Hall–Kier alpha value is -0.0500. The van der Waals surface area contributed by atoms with E-state index >= 15 is 0 Å². The highest BCUT2D eigenvalue weighted by atomic mass is 79.9. The van der Waals surface area contributed by atoms with Crippen molar-refractivity contribution >= 4 is 27.5 Å². The van der Waals surface area contributed by atoms with Crippen molar-refractivity contribution in [1.29, 1.82) is 0 Å². The summed E-state index contributed by atoms with van der Waals surface area (Å²) in [6.45, 7) is 12.2. The predicted molar refractivity (Wildman–Crippen MR) is 84.1 cm³/mol. The third-order valence-electron chi connectivity index (χ3n) is 2.73. The minimum absolute atomic E-state index is 0.123. The Labute approximate surface area is 124 Å². The summed E-state index contributed by atoms with van der Waals surface area (Å²) >= 11 is 9.50. The lowest BCUT2D eigenvalue weighted by atomic mass is 9.82. The second kappa shape index (κ2) is 5.94. The molecular formula is C15H23BrClN. The summed E-state index contributed by atoms with van der Waals surface area (Å²) in [7, 11) is 0. The van der Waals surface area contributed by atoms with Crippen molar-refractivity contribution in [2.45, 2.75) is 53.1 Å². The molecule has 0 amide bonds. The fourth-order valence-corrected chi connectivity index (χ4v) is 2.83. The summed E-state index contributed by atoms with van der Waals surface area (Å²) in [5, 5.41) is 4.37. The van der Waals surface area contributed by atoms with Gasteiger partial charge in [-0.1, -0.05) is 38.4 Å². The zero-order valence-corrected chi connectivity index (χ0v) is 14.2. The number of halogens is 2. The normalized spacial score (nSPS) is 12.8. The van der Waals surface area contributed by atoms with Crippen LogP contribution in [0.25, 0.3) is 0 Å². The maximum atomic E-state index is 6.10. The molecule has 1 aromatic carbocycles. The quantitative estimate of drug-likeness (QED) is 0.777. The van der Waals surface area contributed by atoms with Gasteiger partial charge in [-0.3, -0.25) is 0 Å². The molecule has 0 aliphatic carbocycles. The molecule has 0 saturated heterocycles. The van der Waals surface area contributed by atoms with E-state index in [1.54, 1.807) is 0 Å². The summed E-state index contributed by atoms with van der Waals surface area (Å²) in [6, 6.07) is 6.10. The zero-order valence-electron chi connectivity index (χ0n) is 11.9. The predicted octanol–water partition coefficient (Wildman–Crippen LogP) is 5.41. The molecule has 1 rings (SSSR count). The Bertz CT molecular complexity index is 407. The molecule has 1 aromatic rings. The smallest absolute Gasteiger partial charge is 0.0551 e. The Kier molecular flexibility index (Phi) is 5.28. The molecule has 0 heterocycles. The van der Waals surface area contributed by atoms with E-state index in [0.29, 0.717) is 5.41 Å². The molecule has 1 N–H and O–H groups in total. The van der Waals surface area contributed by atoms with E-state index in [1.165, 1.54) is 5.56 Å². The first-order chi connectivity index (χ1) is 8.09. The molecule has 0 aromatic heterocycles. The van der Waals surface area contributed by atoms with Gasteiger partial charge in [0, 0.05) is 16.6 Å². The fourth-order valence-electron chi connectivity index (χ4n) is 2.38. The van der Waals surface area contributed by atoms with Crippen molar-refractivity contribution in [2.75, 3.05) is 0 Å². The lowest BCUT2D eigenvalue weighted by Gasteiger charge is -2.33. The second-order valence-corrected chi connectivity index (χ2v) is 7.98. The van der Waals surface area contributed by atoms with Crippen molar-refractivity contribution in [2.24, 2.45) is 5.41 Å². The number of benzene rings is 1. The Morgan fingerprint density at radius 3 is 2.28 bits per heavy atom. The van der Waals surface area contributed by atoms with Gasteiger partial charge < -0.3 is 5.32 Å². The van der Waals surface area contributed by atoms with Gasteiger partial charge >= 0.3 is 0 Å². The van der Waals surface area contributed by atoms with Gasteiger partial charge in [-0.25, -0.2) is 0 Å². The van der Waals surface area contributed by atoms with Gasteiger partial charge in [0.15, 0.2) is 0 Å².